The zero-order chi connectivity index (χ0) is 30.0. The fraction of sp³-hybridized carbons (Fsp3) is 0.345. The highest BCUT2D eigenvalue weighted by atomic mass is 35.5. The quantitative estimate of drug-likeness (QED) is 0.382. The van der Waals surface area contributed by atoms with Gasteiger partial charge in [0.15, 0.2) is 5.72 Å². The standard InChI is InChI=1S/C29H32B4ClN3O4/c1-25(2,39)19-7-10-23-22(13-19)24(38)37(16-21-9-8-20(34)15-36-21)27(23,18-5-3-17(14-35)4-6-18)41-29(32,33)26(11-12-26)28(30,31)40/h3-10,13,15,39-40H,11-12,16,30-33H2,1-2H3/t27-/m1/s1. The van der Waals surface area contributed by atoms with E-state index in [1.54, 1.807) is 71.0 Å². The molecular formula is C29H32B4ClN3O4. The molecule has 0 unspecified atom stereocenters. The molecule has 2 aliphatic rings. The number of carbonyl (C=O) groups excluding carboxylic acids is 1. The Balaban J connectivity index is 1.78. The first-order valence-corrected chi connectivity index (χ1v) is 14.2. The second kappa shape index (κ2) is 9.78. The smallest absolute Gasteiger partial charge is 0.257 e. The van der Waals surface area contributed by atoms with Crippen molar-refractivity contribution in [1.29, 1.82) is 5.26 Å². The van der Waals surface area contributed by atoms with E-state index in [9.17, 15) is 20.3 Å². The molecule has 41 heavy (non-hydrogen) atoms. The Kier molecular flexibility index (Phi) is 7.03. The van der Waals surface area contributed by atoms with Gasteiger partial charge < -0.3 is 14.9 Å². The van der Waals surface area contributed by atoms with Crippen LogP contribution in [-0.4, -0.2) is 68.2 Å². The first-order chi connectivity index (χ1) is 19.1. The molecule has 5 rings (SSSR count). The highest BCUT2D eigenvalue weighted by Gasteiger charge is 2.66. The molecule has 0 bridgehead atoms. The number of nitriles is 1. The van der Waals surface area contributed by atoms with Gasteiger partial charge in [-0.3, -0.25) is 14.7 Å². The van der Waals surface area contributed by atoms with Crippen LogP contribution in [-0.2, 0) is 22.6 Å². The lowest BCUT2D eigenvalue weighted by molar-refractivity contribution is -0.168. The molecule has 1 fully saturated rings. The molecule has 0 saturated heterocycles. The maximum atomic E-state index is 14.4. The molecule has 1 saturated carbocycles. The number of carbonyl (C=O) groups is 1. The first kappa shape index (κ1) is 29.5. The average molecular weight is 565 g/mol. The lowest BCUT2D eigenvalue weighted by atomic mass is 9.43. The Morgan fingerprint density at radius 3 is 2.24 bits per heavy atom. The van der Waals surface area contributed by atoms with Crippen LogP contribution in [0.2, 0.25) is 5.02 Å². The second-order valence-corrected chi connectivity index (χ2v) is 13.2. The van der Waals surface area contributed by atoms with Gasteiger partial charge in [0.25, 0.3) is 5.91 Å². The lowest BCUT2D eigenvalue weighted by Gasteiger charge is -2.51. The highest BCUT2D eigenvalue weighted by molar-refractivity contribution is 6.45. The fourth-order valence-electron chi connectivity index (χ4n) is 6.47. The van der Waals surface area contributed by atoms with E-state index in [4.69, 9.17) is 16.3 Å². The molecule has 0 radical (unpaired) electrons. The summed E-state index contributed by atoms with van der Waals surface area (Å²) in [4.78, 5) is 20.5. The number of benzene rings is 2. The minimum absolute atomic E-state index is 0.105. The topological polar surface area (TPSA) is 107 Å². The number of halogens is 1. The van der Waals surface area contributed by atoms with Crippen molar-refractivity contribution in [2.45, 2.75) is 55.4 Å². The van der Waals surface area contributed by atoms with E-state index in [0.29, 0.717) is 38.5 Å². The monoisotopic (exact) mass is 565 g/mol. The molecule has 1 aromatic heterocycles. The predicted octanol–water partition coefficient (Wildman–Crippen LogP) is 0.320. The number of amides is 1. The van der Waals surface area contributed by atoms with E-state index < -0.39 is 27.5 Å². The van der Waals surface area contributed by atoms with Crippen molar-refractivity contribution in [3.8, 4) is 6.07 Å². The van der Waals surface area contributed by atoms with Gasteiger partial charge in [0.05, 0.1) is 34.5 Å². The maximum Gasteiger partial charge on any atom is 0.257 e. The number of nitrogens with zero attached hydrogens (tertiary/aromatic N) is 3. The Bertz CT molecular complexity index is 1540. The van der Waals surface area contributed by atoms with Gasteiger partial charge in [0.1, 0.15) is 31.4 Å². The van der Waals surface area contributed by atoms with Crippen molar-refractivity contribution < 1.29 is 19.7 Å². The van der Waals surface area contributed by atoms with Crippen LogP contribution < -0.4 is 0 Å². The number of pyridine rings is 1. The maximum absolute atomic E-state index is 14.4. The minimum atomic E-state index is -1.43. The normalized spacial score (nSPS) is 20.0. The zero-order valence-corrected chi connectivity index (χ0v) is 25.1. The van der Waals surface area contributed by atoms with Crippen LogP contribution in [0.25, 0.3) is 0 Å². The second-order valence-electron chi connectivity index (χ2n) is 12.8. The molecule has 0 spiro atoms. The summed E-state index contributed by atoms with van der Waals surface area (Å²) in [5.74, 6) is -0.281. The van der Waals surface area contributed by atoms with E-state index in [-0.39, 0.29) is 12.5 Å². The van der Waals surface area contributed by atoms with Gasteiger partial charge in [-0.2, -0.15) is 5.26 Å². The Hall–Kier alpha value is -3.02. The van der Waals surface area contributed by atoms with Crippen LogP contribution in [0.5, 0.6) is 0 Å². The van der Waals surface area contributed by atoms with Crippen LogP contribution in [0.3, 0.4) is 0 Å². The Labute approximate surface area is 249 Å². The summed E-state index contributed by atoms with van der Waals surface area (Å²) in [6, 6.07) is 18.1. The van der Waals surface area contributed by atoms with Crippen LogP contribution >= 0.6 is 11.6 Å². The minimum Gasteiger partial charge on any atom is -0.407 e. The van der Waals surface area contributed by atoms with E-state index >= 15 is 0 Å². The molecule has 2 heterocycles. The van der Waals surface area contributed by atoms with Crippen molar-refractivity contribution in [3.05, 3.63) is 99.3 Å². The molecule has 12 heteroatoms. The summed E-state index contributed by atoms with van der Waals surface area (Å²) >= 11 is 6.12. The van der Waals surface area contributed by atoms with E-state index in [1.807, 2.05) is 40.0 Å². The van der Waals surface area contributed by atoms with Gasteiger partial charge in [-0.25, -0.2) is 0 Å². The molecule has 2 N–H and O–H groups in total. The van der Waals surface area contributed by atoms with Crippen molar-refractivity contribution >= 4 is 48.9 Å². The molecule has 1 atom stereocenters. The average Bonchev–Trinajstić information content (AvgIpc) is 3.71. The third-order valence-electron chi connectivity index (χ3n) is 8.94. The third-order valence-corrected chi connectivity index (χ3v) is 9.16. The van der Waals surface area contributed by atoms with Gasteiger partial charge in [-0.05, 0) is 68.0 Å². The zero-order valence-electron chi connectivity index (χ0n) is 24.3. The van der Waals surface area contributed by atoms with Crippen LogP contribution in [0.4, 0.5) is 0 Å². The Morgan fingerprint density at radius 1 is 1.07 bits per heavy atom. The van der Waals surface area contributed by atoms with E-state index in [2.05, 4.69) is 11.1 Å². The third kappa shape index (κ3) is 4.81. The summed E-state index contributed by atoms with van der Waals surface area (Å²) in [5.41, 5.74) is 0.226. The van der Waals surface area contributed by atoms with Crippen molar-refractivity contribution in [2.24, 2.45) is 5.41 Å². The van der Waals surface area contributed by atoms with Crippen molar-refractivity contribution in [2.75, 3.05) is 0 Å². The fourth-order valence-corrected chi connectivity index (χ4v) is 6.58. The SMILES string of the molecule is BC(B)(O)C1(C(B)(B)O[C@]2(c3ccc(C#N)cc3)c3ccc(C(C)(C)O)cc3C(=O)N2Cc2ccc(Cl)cn2)CC1. The van der Waals surface area contributed by atoms with Gasteiger partial charge in [-0.15, -0.1) is 0 Å². The number of hydrogen-bond acceptors (Lipinski definition) is 6. The molecule has 3 aromatic rings. The van der Waals surface area contributed by atoms with Gasteiger partial charge in [0, 0.05) is 33.7 Å². The summed E-state index contributed by atoms with van der Waals surface area (Å²) < 4.78 is 7.28. The number of rotatable bonds is 8. The summed E-state index contributed by atoms with van der Waals surface area (Å²) in [6.07, 6.45) is 3.08. The first-order valence-electron chi connectivity index (χ1n) is 13.8. The highest BCUT2D eigenvalue weighted by Crippen LogP contribution is 2.61. The van der Waals surface area contributed by atoms with Gasteiger partial charge in [0.2, 0.25) is 0 Å². The predicted molar refractivity (Wildman–Crippen MR) is 167 cm³/mol. The number of aromatic nitrogens is 1. The summed E-state index contributed by atoms with van der Waals surface area (Å²) in [7, 11) is 7.54. The molecule has 7 nitrogen and oxygen atoms in total. The van der Waals surface area contributed by atoms with E-state index in [0.717, 1.165) is 12.8 Å². The molecule has 2 aromatic carbocycles. The molecule has 1 aliphatic heterocycles. The van der Waals surface area contributed by atoms with E-state index in [1.165, 1.54) is 0 Å². The molecule has 1 aliphatic carbocycles. The van der Waals surface area contributed by atoms with Gasteiger partial charge >= 0.3 is 0 Å². The van der Waals surface area contributed by atoms with Crippen LogP contribution in [0.15, 0.2) is 60.8 Å². The molecule has 206 valence electrons. The van der Waals surface area contributed by atoms with Crippen molar-refractivity contribution in [1.82, 2.24) is 9.88 Å². The molecular weight excluding hydrogens is 533 g/mol. The molecule has 1 amide bonds. The number of aliphatic hydroxyl groups is 2. The number of fused-ring (bicyclic) bond motifs is 1. The summed E-state index contributed by atoms with van der Waals surface area (Å²) in [5, 5.41) is 30.1. The lowest BCUT2D eigenvalue weighted by Crippen LogP contribution is -2.62. The summed E-state index contributed by atoms with van der Waals surface area (Å²) in [6.45, 7) is 3.46. The number of hydrogen-bond donors (Lipinski definition) is 2. The van der Waals surface area contributed by atoms with Crippen LogP contribution in [0.1, 0.15) is 65.0 Å². The largest absolute Gasteiger partial charge is 0.407 e. The van der Waals surface area contributed by atoms with Crippen molar-refractivity contribution in [3.63, 3.8) is 0 Å². The van der Waals surface area contributed by atoms with Gasteiger partial charge in [-0.1, -0.05) is 35.9 Å². The Morgan fingerprint density at radius 2 is 1.73 bits per heavy atom. The number of ether oxygens (including phenoxy) is 1. The van der Waals surface area contributed by atoms with Crippen LogP contribution in [0, 0.1) is 16.7 Å².